The zero-order valence-corrected chi connectivity index (χ0v) is 13.7. The Morgan fingerprint density at radius 1 is 1.16 bits per heavy atom. The third-order valence-corrected chi connectivity index (χ3v) is 4.79. The first-order valence-electron chi connectivity index (χ1n) is 7.45. The summed E-state index contributed by atoms with van der Waals surface area (Å²) in [5, 5.41) is 20.3. The number of ether oxygens (including phenoxy) is 1. The van der Waals surface area contributed by atoms with Gasteiger partial charge in [-0.3, -0.25) is 0 Å². The topological polar surface area (TPSA) is 74.6 Å². The van der Waals surface area contributed by atoms with E-state index in [-0.39, 0.29) is 18.1 Å². The number of aromatic amines is 1. The molecule has 0 aliphatic heterocycles. The van der Waals surface area contributed by atoms with Gasteiger partial charge in [-0.15, -0.1) is 16.4 Å². The van der Waals surface area contributed by atoms with Crippen molar-refractivity contribution in [2.45, 2.75) is 6.61 Å². The Morgan fingerprint density at radius 3 is 2.88 bits per heavy atom. The molecule has 7 heteroatoms. The maximum absolute atomic E-state index is 14.1. The molecule has 2 aromatic heterocycles. The first kappa shape index (κ1) is 15.3. The van der Waals surface area contributed by atoms with Gasteiger partial charge in [-0.2, -0.15) is 15.6 Å². The van der Waals surface area contributed by atoms with Gasteiger partial charge in [0.2, 0.25) is 0 Å². The number of H-pyrrole nitrogens is 1. The first-order valence-corrected chi connectivity index (χ1v) is 8.27. The van der Waals surface area contributed by atoms with Crippen molar-refractivity contribution in [1.29, 1.82) is 5.26 Å². The van der Waals surface area contributed by atoms with Crippen LogP contribution in [0.1, 0.15) is 10.6 Å². The molecule has 0 aliphatic rings. The normalized spacial score (nSPS) is 10.7. The zero-order valence-electron chi connectivity index (χ0n) is 12.9. The third kappa shape index (κ3) is 2.95. The smallest absolute Gasteiger partial charge is 0.190 e. The highest BCUT2D eigenvalue weighted by Crippen LogP contribution is 2.29. The molecule has 122 valence electrons. The van der Waals surface area contributed by atoms with Gasteiger partial charge in [0, 0.05) is 15.1 Å². The van der Waals surface area contributed by atoms with Gasteiger partial charge in [-0.05, 0) is 35.7 Å². The average molecular weight is 350 g/mol. The number of nitriles is 1. The number of aromatic nitrogens is 3. The van der Waals surface area contributed by atoms with Crippen molar-refractivity contribution in [1.82, 2.24) is 15.4 Å². The van der Waals surface area contributed by atoms with Crippen LogP contribution < -0.4 is 4.74 Å². The lowest BCUT2D eigenvalue weighted by Gasteiger charge is -2.07. The monoisotopic (exact) mass is 350 g/mol. The Kier molecular flexibility index (Phi) is 3.88. The Morgan fingerprint density at radius 2 is 2.04 bits per heavy atom. The Balaban J connectivity index is 1.60. The van der Waals surface area contributed by atoms with Crippen molar-refractivity contribution in [2.24, 2.45) is 0 Å². The van der Waals surface area contributed by atoms with E-state index in [0.717, 1.165) is 15.0 Å². The second kappa shape index (κ2) is 6.34. The molecule has 0 aliphatic carbocycles. The molecule has 0 fully saturated rings. The zero-order chi connectivity index (χ0) is 17.2. The Bertz CT molecular complexity index is 1060. The number of thiophene rings is 1. The summed E-state index contributed by atoms with van der Waals surface area (Å²) in [5.74, 6) is -0.353. The standard InChI is InChI=1S/C18H11FN4OS/c19-14-6-5-12(18-15(9-20)21-23-22-18)8-16(14)24-10-13-7-11-3-1-2-4-17(11)25-13/h1-8H,10H2,(H,21,22,23). The van der Waals surface area contributed by atoms with Gasteiger partial charge in [0.05, 0.1) is 0 Å². The minimum Gasteiger partial charge on any atom is -0.485 e. The van der Waals surface area contributed by atoms with Crippen LogP contribution in [-0.4, -0.2) is 15.4 Å². The number of fused-ring (bicyclic) bond motifs is 1. The summed E-state index contributed by atoms with van der Waals surface area (Å²) in [6.07, 6.45) is 0. The highest BCUT2D eigenvalue weighted by atomic mass is 32.1. The minimum atomic E-state index is -0.466. The molecule has 0 atom stereocenters. The van der Waals surface area contributed by atoms with Crippen LogP contribution >= 0.6 is 11.3 Å². The molecule has 0 saturated carbocycles. The maximum Gasteiger partial charge on any atom is 0.190 e. The largest absolute Gasteiger partial charge is 0.485 e. The predicted molar refractivity (Wildman–Crippen MR) is 92.6 cm³/mol. The molecule has 0 radical (unpaired) electrons. The third-order valence-electron chi connectivity index (χ3n) is 3.70. The second-order valence-electron chi connectivity index (χ2n) is 5.32. The van der Waals surface area contributed by atoms with Gasteiger partial charge in [0.15, 0.2) is 17.3 Å². The molecule has 0 saturated heterocycles. The molecule has 4 aromatic rings. The van der Waals surface area contributed by atoms with Gasteiger partial charge in [0.25, 0.3) is 0 Å². The Labute approximate surface area is 146 Å². The lowest BCUT2D eigenvalue weighted by Crippen LogP contribution is -1.96. The van der Waals surface area contributed by atoms with E-state index in [2.05, 4.69) is 15.4 Å². The van der Waals surface area contributed by atoms with Crippen LogP contribution in [0, 0.1) is 17.1 Å². The summed E-state index contributed by atoms with van der Waals surface area (Å²) in [5.41, 5.74) is 1.09. The van der Waals surface area contributed by atoms with Gasteiger partial charge < -0.3 is 4.74 Å². The van der Waals surface area contributed by atoms with Gasteiger partial charge in [-0.1, -0.05) is 18.2 Å². The van der Waals surface area contributed by atoms with Crippen LogP contribution in [0.15, 0.2) is 48.5 Å². The first-order chi connectivity index (χ1) is 12.2. The maximum atomic E-state index is 14.1. The number of hydrogen-bond donors (Lipinski definition) is 1. The summed E-state index contributed by atoms with van der Waals surface area (Å²) < 4.78 is 20.9. The summed E-state index contributed by atoms with van der Waals surface area (Å²) >= 11 is 1.61. The predicted octanol–water partition coefficient (Wildman–Crippen LogP) is 4.28. The average Bonchev–Trinajstić information content (AvgIpc) is 3.27. The van der Waals surface area contributed by atoms with Gasteiger partial charge >= 0.3 is 0 Å². The fraction of sp³-hybridized carbons (Fsp3) is 0.0556. The molecular formula is C18H11FN4OS. The summed E-state index contributed by atoms with van der Waals surface area (Å²) in [6, 6.07) is 16.4. The van der Waals surface area contributed by atoms with E-state index in [0.29, 0.717) is 11.3 Å². The molecular weight excluding hydrogens is 339 g/mol. The highest BCUT2D eigenvalue weighted by Gasteiger charge is 2.13. The van der Waals surface area contributed by atoms with Crippen LogP contribution in [0.2, 0.25) is 0 Å². The number of nitrogens with one attached hydrogen (secondary N) is 1. The minimum absolute atomic E-state index is 0.113. The second-order valence-corrected chi connectivity index (χ2v) is 6.49. The van der Waals surface area contributed by atoms with Crippen LogP contribution in [0.25, 0.3) is 21.3 Å². The molecule has 0 bridgehead atoms. The molecule has 0 amide bonds. The molecule has 1 N–H and O–H groups in total. The van der Waals surface area contributed by atoms with Crippen molar-refractivity contribution < 1.29 is 9.13 Å². The number of hydrogen-bond acceptors (Lipinski definition) is 5. The number of nitrogens with zero attached hydrogens (tertiary/aromatic N) is 3. The molecule has 5 nitrogen and oxygen atoms in total. The fourth-order valence-corrected chi connectivity index (χ4v) is 3.51. The van der Waals surface area contributed by atoms with Gasteiger partial charge in [-0.25, -0.2) is 4.39 Å². The van der Waals surface area contributed by atoms with Crippen LogP contribution in [0.3, 0.4) is 0 Å². The van der Waals surface area contributed by atoms with E-state index in [1.165, 1.54) is 12.1 Å². The highest BCUT2D eigenvalue weighted by molar-refractivity contribution is 7.19. The van der Waals surface area contributed by atoms with Gasteiger partial charge in [0.1, 0.15) is 18.4 Å². The number of rotatable bonds is 4. The van der Waals surface area contributed by atoms with Crippen LogP contribution in [-0.2, 0) is 6.61 Å². The van der Waals surface area contributed by atoms with E-state index in [4.69, 9.17) is 10.00 Å². The quantitative estimate of drug-likeness (QED) is 0.596. The molecule has 2 aromatic carbocycles. The fourth-order valence-electron chi connectivity index (χ4n) is 2.53. The summed E-state index contributed by atoms with van der Waals surface area (Å²) in [4.78, 5) is 1.00. The summed E-state index contributed by atoms with van der Waals surface area (Å²) in [6.45, 7) is 0.268. The molecule has 4 rings (SSSR count). The van der Waals surface area contributed by atoms with Crippen molar-refractivity contribution >= 4 is 21.4 Å². The van der Waals surface area contributed by atoms with Crippen LogP contribution in [0.5, 0.6) is 5.75 Å². The van der Waals surface area contributed by atoms with Crippen LogP contribution in [0.4, 0.5) is 4.39 Å². The van der Waals surface area contributed by atoms with Crippen molar-refractivity contribution in [3.8, 4) is 23.1 Å². The Hall–Kier alpha value is -3.24. The lowest BCUT2D eigenvalue weighted by atomic mass is 10.1. The molecule has 0 spiro atoms. The van der Waals surface area contributed by atoms with Crippen molar-refractivity contribution in [3.05, 3.63) is 64.9 Å². The van der Waals surface area contributed by atoms with Crippen molar-refractivity contribution in [2.75, 3.05) is 0 Å². The molecule has 2 heterocycles. The van der Waals surface area contributed by atoms with Crippen molar-refractivity contribution in [3.63, 3.8) is 0 Å². The molecule has 25 heavy (non-hydrogen) atoms. The van der Waals surface area contributed by atoms with E-state index in [1.54, 1.807) is 17.4 Å². The van der Waals surface area contributed by atoms with E-state index >= 15 is 0 Å². The van der Waals surface area contributed by atoms with E-state index < -0.39 is 5.82 Å². The number of benzene rings is 2. The molecule has 0 unspecified atom stereocenters. The van der Waals surface area contributed by atoms with E-state index in [1.807, 2.05) is 36.4 Å². The SMILES string of the molecule is N#Cc1n[nH]nc1-c1ccc(F)c(OCc2cc3ccccc3s2)c1. The number of halogens is 1. The summed E-state index contributed by atoms with van der Waals surface area (Å²) in [7, 11) is 0. The lowest BCUT2D eigenvalue weighted by molar-refractivity contribution is 0.294. The van der Waals surface area contributed by atoms with E-state index in [9.17, 15) is 4.39 Å².